The van der Waals surface area contributed by atoms with E-state index in [9.17, 15) is 14.7 Å². The Labute approximate surface area is 136 Å². The number of carbonyl (C=O) groups is 2. The second-order valence-electron chi connectivity index (χ2n) is 5.02. The molecule has 1 N–H and O–H groups in total. The monoisotopic (exact) mass is 321 g/mol. The maximum atomic E-state index is 12.4. The van der Waals surface area contributed by atoms with Gasteiger partial charge in [0.15, 0.2) is 0 Å². The number of carboxylic acids is 1. The lowest BCUT2D eigenvalue weighted by atomic mass is 10.1. The highest BCUT2D eigenvalue weighted by molar-refractivity contribution is 6.34. The molecule has 0 saturated carbocycles. The van der Waals surface area contributed by atoms with Gasteiger partial charge in [0.1, 0.15) is 16.9 Å². The molecule has 0 fully saturated rings. The molecule has 1 amide bonds. The van der Waals surface area contributed by atoms with Crippen molar-refractivity contribution >= 4 is 29.4 Å². The zero-order valence-corrected chi connectivity index (χ0v) is 12.3. The fourth-order valence-electron chi connectivity index (χ4n) is 1.37. The summed E-state index contributed by atoms with van der Waals surface area (Å²) in [6, 6.07) is 1.55. The van der Waals surface area contributed by atoms with Crippen molar-refractivity contribution in [2.75, 3.05) is 18.9 Å². The number of rotatable bonds is 3. The molecule has 0 aliphatic carbocycles. The number of hydrogen-bond donors (Lipinski definition) is 1. The Morgan fingerprint density at radius 3 is 2.52 bits per heavy atom. The summed E-state index contributed by atoms with van der Waals surface area (Å²) in [6.07, 6.45) is -1.28. The molecular formula is C14H18ClNO5. The van der Waals surface area contributed by atoms with Crippen LogP contribution in [0.1, 0.15) is 39.4 Å². The lowest BCUT2D eigenvalue weighted by Gasteiger charge is -2.25. The Bertz CT molecular complexity index is 741. The van der Waals surface area contributed by atoms with E-state index in [0.29, 0.717) is 0 Å². The van der Waals surface area contributed by atoms with Gasteiger partial charge in [0.05, 0.1) is 21.9 Å². The van der Waals surface area contributed by atoms with Crippen LogP contribution in [0, 0.1) is 0 Å². The predicted molar refractivity (Wildman–Crippen MR) is 79.6 cm³/mol. The van der Waals surface area contributed by atoms with E-state index in [1.807, 2.05) is 0 Å². The lowest BCUT2D eigenvalue weighted by molar-refractivity contribution is 0.0588. The van der Waals surface area contributed by atoms with Gasteiger partial charge in [-0.15, -0.1) is 0 Å². The molecule has 0 atom stereocenters. The van der Waals surface area contributed by atoms with Gasteiger partial charge in [-0.3, -0.25) is 4.90 Å². The number of aromatic carboxylic acids is 1. The Hall–Kier alpha value is -1.95. The smallest absolute Gasteiger partial charge is 0.414 e. The van der Waals surface area contributed by atoms with E-state index < -0.39 is 53.7 Å². The first-order valence-corrected chi connectivity index (χ1v) is 6.09. The van der Waals surface area contributed by atoms with Crippen LogP contribution in [0.5, 0.6) is 5.75 Å². The number of methoxy groups -OCH3 is 1. The number of anilines is 1. The predicted octanol–water partition coefficient (Wildman–Crippen LogP) is 3.42. The van der Waals surface area contributed by atoms with Crippen LogP contribution < -0.4 is 9.64 Å². The zero-order valence-electron chi connectivity index (χ0n) is 17.6. The molecule has 1 rings (SSSR count). The van der Waals surface area contributed by atoms with Crippen molar-refractivity contribution in [3.05, 3.63) is 22.7 Å². The van der Waals surface area contributed by atoms with Gasteiger partial charge >= 0.3 is 12.1 Å². The number of amides is 1. The van der Waals surface area contributed by atoms with Gasteiger partial charge in [-0.05, 0) is 26.8 Å². The zero-order chi connectivity index (χ0) is 21.4. The summed E-state index contributed by atoms with van der Waals surface area (Å²) < 4.78 is 53.8. The van der Waals surface area contributed by atoms with Crippen LogP contribution in [0.15, 0.2) is 12.1 Å². The fourth-order valence-corrected chi connectivity index (χ4v) is 1.62. The van der Waals surface area contributed by atoms with Crippen LogP contribution in [0.3, 0.4) is 0 Å². The molecule has 0 radical (unpaired) electrons. The van der Waals surface area contributed by atoms with Crippen LogP contribution in [0.4, 0.5) is 10.5 Å². The molecule has 21 heavy (non-hydrogen) atoms. The Balaban J connectivity index is 3.61. The quantitative estimate of drug-likeness (QED) is 0.923. The van der Waals surface area contributed by atoms with Gasteiger partial charge in [-0.1, -0.05) is 11.6 Å². The van der Waals surface area contributed by atoms with Crippen LogP contribution >= 0.6 is 11.6 Å². The third-order valence-electron chi connectivity index (χ3n) is 2.21. The van der Waals surface area contributed by atoms with Gasteiger partial charge in [0.25, 0.3) is 0 Å². The van der Waals surface area contributed by atoms with Crippen LogP contribution in [0.2, 0.25) is 5.02 Å². The number of ether oxygens (including phenoxy) is 2. The Morgan fingerprint density at radius 1 is 1.38 bits per heavy atom. The van der Waals surface area contributed by atoms with E-state index in [1.54, 1.807) is 0 Å². The van der Waals surface area contributed by atoms with Crippen molar-refractivity contribution in [3.63, 3.8) is 0 Å². The molecule has 1 aromatic carbocycles. The van der Waals surface area contributed by atoms with E-state index >= 15 is 0 Å². The molecule has 0 heterocycles. The summed E-state index contributed by atoms with van der Waals surface area (Å²) >= 11 is 5.97. The van der Waals surface area contributed by atoms with Crippen LogP contribution in [0.25, 0.3) is 0 Å². The van der Waals surface area contributed by atoms with Gasteiger partial charge in [-0.2, -0.15) is 0 Å². The molecule has 1 aromatic rings. The molecule has 0 aliphatic rings. The minimum absolute atomic E-state index is 0.221. The highest BCUT2D eigenvalue weighted by Gasteiger charge is 2.24. The number of benzene rings is 1. The number of carboxylic acid groups (broad SMARTS) is 1. The first-order valence-electron chi connectivity index (χ1n) is 8.71. The van der Waals surface area contributed by atoms with Crippen molar-refractivity contribution < 1.29 is 32.4 Å². The normalized spacial score (nSPS) is 16.4. The first-order chi connectivity index (χ1) is 11.9. The van der Waals surface area contributed by atoms with Gasteiger partial charge in [-0.25, -0.2) is 9.59 Å². The summed E-state index contributed by atoms with van der Waals surface area (Å²) in [5, 5.41) is 8.78. The molecule has 0 aromatic heterocycles. The largest absolute Gasteiger partial charge is 0.496 e. The van der Waals surface area contributed by atoms with Crippen molar-refractivity contribution in [2.24, 2.45) is 0 Å². The Morgan fingerprint density at radius 2 is 2.05 bits per heavy atom. The van der Waals surface area contributed by atoms with Crippen LogP contribution in [-0.2, 0) is 4.74 Å². The van der Waals surface area contributed by atoms with E-state index in [2.05, 4.69) is 4.74 Å². The highest BCUT2D eigenvalue weighted by Crippen LogP contribution is 2.33. The van der Waals surface area contributed by atoms with Crippen molar-refractivity contribution in [2.45, 2.75) is 26.4 Å². The topological polar surface area (TPSA) is 76.1 Å². The number of hydrogen-bond acceptors (Lipinski definition) is 4. The molecular weight excluding hydrogens is 298 g/mol. The minimum Gasteiger partial charge on any atom is -0.496 e. The average molecular weight is 322 g/mol. The van der Waals surface area contributed by atoms with Crippen molar-refractivity contribution in [1.82, 2.24) is 0 Å². The minimum atomic E-state index is -3.06. The molecule has 0 bridgehead atoms. The van der Waals surface area contributed by atoms with Crippen molar-refractivity contribution in [1.29, 1.82) is 0 Å². The maximum Gasteiger partial charge on any atom is 0.414 e. The third-order valence-corrected chi connectivity index (χ3v) is 2.51. The number of halogens is 1. The summed E-state index contributed by atoms with van der Waals surface area (Å²) in [5.41, 5.74) is -2.14. The third kappa shape index (κ3) is 4.26. The first kappa shape index (κ1) is 9.89. The van der Waals surface area contributed by atoms with Crippen LogP contribution in [-0.4, -0.2) is 36.8 Å². The average Bonchev–Trinajstić information content (AvgIpc) is 2.36. The summed E-state index contributed by atoms with van der Waals surface area (Å²) in [5.74, 6) is -2.24. The van der Waals surface area contributed by atoms with Gasteiger partial charge in [0.2, 0.25) is 0 Å². The maximum absolute atomic E-state index is 12.4. The molecule has 0 unspecified atom stereocenters. The number of carbonyl (C=O) groups excluding carboxylic acids is 1. The highest BCUT2D eigenvalue weighted by atomic mass is 35.5. The molecule has 7 heteroatoms. The second-order valence-corrected chi connectivity index (χ2v) is 5.43. The van der Waals surface area contributed by atoms with Gasteiger partial charge < -0.3 is 14.6 Å². The molecule has 0 saturated heterocycles. The molecule has 116 valence electrons. The summed E-state index contributed by atoms with van der Waals surface area (Å²) in [6.45, 7) is 1.48. The van der Waals surface area contributed by atoms with E-state index in [4.69, 9.17) is 24.6 Å². The summed E-state index contributed by atoms with van der Waals surface area (Å²) in [7, 11) is -3.02. The Kier molecular flexibility index (Phi) is 2.93. The van der Waals surface area contributed by atoms with E-state index in [1.165, 1.54) is 20.8 Å². The van der Waals surface area contributed by atoms with E-state index in [-0.39, 0.29) is 4.90 Å². The summed E-state index contributed by atoms with van der Waals surface area (Å²) in [4.78, 5) is 23.9. The molecule has 0 spiro atoms. The fraction of sp³-hybridized carbons (Fsp3) is 0.429. The standard InChI is InChI=1S/C14H18ClNO5/c1-14(2,3)21-13(19)16(4)10-7-11(20-5)8(12(17)18)6-9(10)15/h6-7H,1-5H3,(H,17,18)/i4D3,5D3. The SMILES string of the molecule is [2H]C([2H])([2H])Oc1cc(N(C(=O)OC(C)(C)C)C([2H])([2H])[2H])c(Cl)cc1C(=O)O. The second kappa shape index (κ2) is 6.22. The van der Waals surface area contributed by atoms with E-state index in [0.717, 1.165) is 12.1 Å². The number of nitrogens with zero attached hydrogens (tertiary/aromatic N) is 1. The van der Waals surface area contributed by atoms with Crippen molar-refractivity contribution in [3.8, 4) is 5.75 Å². The molecule has 6 nitrogen and oxygen atoms in total. The molecule has 0 aliphatic heterocycles. The van der Waals surface area contributed by atoms with Gasteiger partial charge in [0, 0.05) is 17.2 Å². The lowest BCUT2D eigenvalue weighted by Crippen LogP contribution is -2.34.